The molecule has 0 saturated heterocycles. The molecule has 0 spiro atoms. The molecule has 2 amide bonds. The van der Waals surface area contributed by atoms with Gasteiger partial charge in [-0.05, 0) is 31.0 Å². The molecule has 1 aromatic heterocycles. The highest BCUT2D eigenvalue weighted by atomic mass is 35.5. The highest BCUT2D eigenvalue weighted by Crippen LogP contribution is 2.32. The highest BCUT2D eigenvalue weighted by Gasteiger charge is 2.27. The number of anilines is 2. The molecule has 1 fully saturated rings. The Morgan fingerprint density at radius 1 is 1.34 bits per heavy atom. The summed E-state index contributed by atoms with van der Waals surface area (Å²) < 4.78 is 5.27. The molecule has 1 aliphatic carbocycles. The minimum atomic E-state index is -0.128. The zero-order valence-electron chi connectivity index (χ0n) is 16.2. The van der Waals surface area contributed by atoms with Crippen LogP contribution in [0.15, 0.2) is 18.2 Å². The van der Waals surface area contributed by atoms with Crippen LogP contribution >= 0.6 is 22.9 Å². The topological polar surface area (TPSA) is 83.6 Å². The number of carbonyl (C=O) groups is 2. The van der Waals surface area contributed by atoms with Gasteiger partial charge in [-0.25, -0.2) is 4.98 Å². The molecule has 29 heavy (non-hydrogen) atoms. The SMILES string of the molecule is COc1ccc(Cl)cc1NC(=O)CN1CCc2nc(NC(=O)C3CCC3)sc2C1. The van der Waals surface area contributed by atoms with Crippen molar-refractivity contribution < 1.29 is 14.3 Å². The Balaban J connectivity index is 1.34. The van der Waals surface area contributed by atoms with Crippen molar-refractivity contribution in [3.8, 4) is 5.75 Å². The zero-order valence-corrected chi connectivity index (χ0v) is 17.7. The van der Waals surface area contributed by atoms with Crippen molar-refractivity contribution >= 4 is 45.6 Å². The molecule has 9 heteroatoms. The van der Waals surface area contributed by atoms with Crippen LogP contribution in [0.5, 0.6) is 5.75 Å². The van der Waals surface area contributed by atoms with Crippen LogP contribution in [0.25, 0.3) is 0 Å². The number of hydrogen-bond donors (Lipinski definition) is 2. The number of benzene rings is 1. The van der Waals surface area contributed by atoms with Crippen molar-refractivity contribution in [1.82, 2.24) is 9.88 Å². The molecule has 0 radical (unpaired) electrons. The number of nitrogens with zero attached hydrogens (tertiary/aromatic N) is 2. The third-order valence-corrected chi connectivity index (χ3v) is 6.55. The number of halogens is 1. The monoisotopic (exact) mass is 434 g/mol. The fourth-order valence-electron chi connectivity index (χ4n) is 3.49. The second-order valence-corrected chi connectivity index (χ2v) is 8.88. The van der Waals surface area contributed by atoms with Gasteiger partial charge in [-0.1, -0.05) is 18.0 Å². The van der Waals surface area contributed by atoms with Crippen LogP contribution in [0.3, 0.4) is 0 Å². The van der Waals surface area contributed by atoms with E-state index in [1.807, 2.05) is 0 Å². The largest absolute Gasteiger partial charge is 0.495 e. The van der Waals surface area contributed by atoms with E-state index in [2.05, 4.69) is 20.5 Å². The van der Waals surface area contributed by atoms with Gasteiger partial charge in [0, 0.05) is 35.3 Å². The average Bonchev–Trinajstić information content (AvgIpc) is 3.01. The van der Waals surface area contributed by atoms with Gasteiger partial charge in [0.25, 0.3) is 0 Å². The van der Waals surface area contributed by atoms with Crippen LogP contribution in [0.4, 0.5) is 10.8 Å². The number of methoxy groups -OCH3 is 1. The molecule has 2 N–H and O–H groups in total. The van der Waals surface area contributed by atoms with E-state index in [9.17, 15) is 9.59 Å². The molecule has 154 valence electrons. The maximum atomic E-state index is 12.5. The number of rotatable bonds is 6. The van der Waals surface area contributed by atoms with E-state index in [1.54, 1.807) is 25.3 Å². The van der Waals surface area contributed by atoms with Gasteiger partial charge in [-0.3, -0.25) is 14.5 Å². The predicted molar refractivity (Wildman–Crippen MR) is 114 cm³/mol. The predicted octanol–water partition coefficient (Wildman–Crippen LogP) is 3.54. The average molecular weight is 435 g/mol. The normalized spacial score (nSPS) is 16.6. The number of amides is 2. The Kier molecular flexibility index (Phi) is 6.03. The number of thiazole rings is 1. The molecule has 7 nitrogen and oxygen atoms in total. The lowest BCUT2D eigenvalue weighted by Crippen LogP contribution is -2.36. The first-order valence-corrected chi connectivity index (χ1v) is 10.9. The molecule has 0 bridgehead atoms. The zero-order chi connectivity index (χ0) is 20.4. The summed E-state index contributed by atoms with van der Waals surface area (Å²) in [5.74, 6) is 0.656. The lowest BCUT2D eigenvalue weighted by Gasteiger charge is -2.25. The first-order chi connectivity index (χ1) is 14.0. The summed E-state index contributed by atoms with van der Waals surface area (Å²) in [6, 6.07) is 5.11. The molecular weight excluding hydrogens is 412 g/mol. The molecule has 1 saturated carbocycles. The van der Waals surface area contributed by atoms with E-state index < -0.39 is 0 Å². The van der Waals surface area contributed by atoms with Crippen molar-refractivity contribution in [2.24, 2.45) is 5.92 Å². The molecule has 0 atom stereocenters. The van der Waals surface area contributed by atoms with Gasteiger partial charge in [0.05, 0.1) is 25.0 Å². The Hall–Kier alpha value is -2.16. The summed E-state index contributed by atoms with van der Waals surface area (Å²) in [5.41, 5.74) is 1.58. The minimum absolute atomic E-state index is 0.0778. The van der Waals surface area contributed by atoms with Gasteiger partial charge < -0.3 is 15.4 Å². The van der Waals surface area contributed by atoms with Crippen molar-refractivity contribution in [2.75, 3.05) is 30.8 Å². The van der Waals surface area contributed by atoms with Crippen molar-refractivity contribution in [3.63, 3.8) is 0 Å². The number of nitrogens with one attached hydrogen (secondary N) is 2. The molecule has 1 aliphatic heterocycles. The number of fused-ring (bicyclic) bond motifs is 1. The van der Waals surface area contributed by atoms with Gasteiger partial charge in [0.15, 0.2) is 5.13 Å². The van der Waals surface area contributed by atoms with Crippen molar-refractivity contribution in [1.29, 1.82) is 0 Å². The third kappa shape index (κ3) is 4.71. The van der Waals surface area contributed by atoms with E-state index in [4.69, 9.17) is 16.3 Å². The second-order valence-electron chi connectivity index (χ2n) is 7.36. The first-order valence-electron chi connectivity index (χ1n) is 9.67. The van der Waals surface area contributed by atoms with Crippen LogP contribution in [0, 0.1) is 5.92 Å². The molecule has 0 unspecified atom stereocenters. The van der Waals surface area contributed by atoms with Crippen LogP contribution in [0.2, 0.25) is 5.02 Å². The molecule has 4 rings (SSSR count). The molecule has 2 aliphatic rings. The van der Waals surface area contributed by atoms with Crippen LogP contribution in [-0.2, 0) is 22.6 Å². The number of hydrogen-bond acceptors (Lipinski definition) is 6. The quantitative estimate of drug-likeness (QED) is 0.726. The highest BCUT2D eigenvalue weighted by molar-refractivity contribution is 7.15. The Labute approximate surface area is 178 Å². The van der Waals surface area contributed by atoms with Crippen LogP contribution in [-0.4, -0.2) is 41.9 Å². The molecule has 2 aromatic rings. The lowest BCUT2D eigenvalue weighted by molar-refractivity contribution is -0.122. The fourth-order valence-corrected chi connectivity index (χ4v) is 4.71. The number of ether oxygens (including phenoxy) is 1. The van der Waals surface area contributed by atoms with Gasteiger partial charge in [0.2, 0.25) is 11.8 Å². The molecule has 2 heterocycles. The van der Waals surface area contributed by atoms with Gasteiger partial charge in [-0.15, -0.1) is 11.3 Å². The molecular formula is C20H23ClN4O3S. The lowest BCUT2D eigenvalue weighted by atomic mass is 9.85. The maximum absolute atomic E-state index is 12.5. The van der Waals surface area contributed by atoms with Crippen molar-refractivity contribution in [3.05, 3.63) is 33.8 Å². The summed E-state index contributed by atoms with van der Waals surface area (Å²) in [6.07, 6.45) is 3.83. The van der Waals surface area contributed by atoms with Crippen molar-refractivity contribution in [2.45, 2.75) is 32.2 Å². The van der Waals surface area contributed by atoms with E-state index in [1.165, 1.54) is 11.3 Å². The van der Waals surface area contributed by atoms with E-state index in [0.717, 1.165) is 42.8 Å². The Morgan fingerprint density at radius 3 is 2.90 bits per heavy atom. The third-order valence-electron chi connectivity index (χ3n) is 5.32. The minimum Gasteiger partial charge on any atom is -0.495 e. The van der Waals surface area contributed by atoms with Gasteiger partial charge in [0.1, 0.15) is 5.75 Å². The van der Waals surface area contributed by atoms with Crippen LogP contribution < -0.4 is 15.4 Å². The fraction of sp³-hybridized carbons (Fsp3) is 0.450. The summed E-state index contributed by atoms with van der Waals surface area (Å²) in [4.78, 5) is 32.4. The summed E-state index contributed by atoms with van der Waals surface area (Å²) in [5, 5.41) is 7.02. The Morgan fingerprint density at radius 2 is 2.17 bits per heavy atom. The summed E-state index contributed by atoms with van der Waals surface area (Å²) in [6.45, 7) is 1.65. The number of carbonyl (C=O) groups excluding carboxylic acids is 2. The van der Waals surface area contributed by atoms with Crippen LogP contribution in [0.1, 0.15) is 29.8 Å². The Bertz CT molecular complexity index is 928. The summed E-state index contributed by atoms with van der Waals surface area (Å²) >= 11 is 7.53. The first kappa shape index (κ1) is 20.1. The van der Waals surface area contributed by atoms with Gasteiger partial charge >= 0.3 is 0 Å². The van der Waals surface area contributed by atoms with E-state index in [0.29, 0.717) is 28.1 Å². The summed E-state index contributed by atoms with van der Waals surface area (Å²) in [7, 11) is 1.55. The van der Waals surface area contributed by atoms with E-state index >= 15 is 0 Å². The second kappa shape index (κ2) is 8.69. The van der Waals surface area contributed by atoms with E-state index in [-0.39, 0.29) is 24.3 Å². The standard InChI is InChI=1S/C20H23ClN4O3S/c1-28-16-6-5-13(21)9-15(16)22-18(26)11-25-8-7-14-17(10-25)29-20(23-14)24-19(27)12-3-2-4-12/h5-6,9,12H,2-4,7-8,10-11H2,1H3,(H,22,26)(H,23,24,27). The smallest absolute Gasteiger partial charge is 0.238 e. The number of aromatic nitrogens is 1. The van der Waals surface area contributed by atoms with Gasteiger partial charge in [-0.2, -0.15) is 0 Å². The molecule has 1 aromatic carbocycles. The maximum Gasteiger partial charge on any atom is 0.238 e.